The second kappa shape index (κ2) is 10.1. The van der Waals surface area contributed by atoms with E-state index in [4.69, 9.17) is 0 Å². The Hall–Kier alpha value is -0.780. The molecule has 0 unspecified atom stereocenters. The summed E-state index contributed by atoms with van der Waals surface area (Å²) >= 11 is 0. The summed E-state index contributed by atoms with van der Waals surface area (Å²) in [5, 5.41) is 0. The third-order valence-electron chi connectivity index (χ3n) is 4.05. The molecule has 1 aliphatic rings. The van der Waals surface area contributed by atoms with Crippen molar-refractivity contribution in [2.24, 2.45) is 5.92 Å². The minimum absolute atomic E-state index is 0.979. The predicted molar refractivity (Wildman–Crippen MR) is 87.4 cm³/mol. The highest BCUT2D eigenvalue weighted by Crippen LogP contribution is 2.26. The second-order valence-electron chi connectivity index (χ2n) is 6.32. The molecule has 0 aromatic carbocycles. The van der Waals surface area contributed by atoms with Crippen LogP contribution in [0.25, 0.3) is 0 Å². The van der Waals surface area contributed by atoms with Crippen LogP contribution in [0, 0.1) is 5.92 Å². The lowest BCUT2D eigenvalue weighted by atomic mass is 9.87. The summed E-state index contributed by atoms with van der Waals surface area (Å²) in [7, 11) is 0. The molecular weight excluding hydrogens is 228 g/mol. The molecule has 0 bridgehead atoms. The Morgan fingerprint density at radius 3 is 2.37 bits per heavy atom. The van der Waals surface area contributed by atoms with E-state index in [-0.39, 0.29) is 0 Å². The van der Waals surface area contributed by atoms with Crippen LogP contribution >= 0.6 is 0 Å². The first-order valence-corrected chi connectivity index (χ1v) is 8.12. The molecule has 0 heteroatoms. The maximum absolute atomic E-state index is 2.41. The third-order valence-corrected chi connectivity index (χ3v) is 4.05. The van der Waals surface area contributed by atoms with Crippen LogP contribution in [0.2, 0.25) is 0 Å². The fourth-order valence-electron chi connectivity index (χ4n) is 2.77. The molecule has 0 heterocycles. The largest absolute Gasteiger partial charge is 0.0880 e. The Bertz CT molecular complexity index is 307. The van der Waals surface area contributed by atoms with Crippen LogP contribution in [0.1, 0.15) is 78.6 Å². The van der Waals surface area contributed by atoms with Crippen molar-refractivity contribution in [1.29, 1.82) is 0 Å². The van der Waals surface area contributed by atoms with E-state index in [9.17, 15) is 0 Å². The monoisotopic (exact) mass is 260 g/mol. The lowest BCUT2D eigenvalue weighted by Gasteiger charge is -2.19. The molecule has 0 aromatic rings. The molecule has 0 atom stereocenters. The maximum atomic E-state index is 2.41. The van der Waals surface area contributed by atoms with Gasteiger partial charge in [0.15, 0.2) is 0 Å². The van der Waals surface area contributed by atoms with E-state index in [1.807, 2.05) is 0 Å². The summed E-state index contributed by atoms with van der Waals surface area (Å²) in [5.74, 6) is 0.979. The van der Waals surface area contributed by atoms with Crippen molar-refractivity contribution in [2.75, 3.05) is 0 Å². The number of hydrogen-bond donors (Lipinski definition) is 0. The fourth-order valence-corrected chi connectivity index (χ4v) is 2.77. The molecule has 0 aromatic heterocycles. The molecule has 0 spiro atoms. The SMILES string of the molecule is CC(C)=CCC/C(C)=C/C/C=C/CC1CCCCC1. The quantitative estimate of drug-likeness (QED) is 0.453. The summed E-state index contributed by atoms with van der Waals surface area (Å²) in [4.78, 5) is 0. The van der Waals surface area contributed by atoms with Gasteiger partial charge in [-0.25, -0.2) is 0 Å². The smallest absolute Gasteiger partial charge is 0.0167 e. The van der Waals surface area contributed by atoms with Crippen molar-refractivity contribution in [2.45, 2.75) is 78.6 Å². The molecule has 19 heavy (non-hydrogen) atoms. The van der Waals surface area contributed by atoms with Crippen LogP contribution in [0.4, 0.5) is 0 Å². The van der Waals surface area contributed by atoms with E-state index in [0.717, 1.165) is 12.3 Å². The van der Waals surface area contributed by atoms with Crippen LogP contribution in [0.3, 0.4) is 0 Å². The Balaban J connectivity index is 2.11. The molecule has 1 fully saturated rings. The van der Waals surface area contributed by atoms with Gasteiger partial charge in [0.2, 0.25) is 0 Å². The highest BCUT2D eigenvalue weighted by molar-refractivity contribution is 5.04. The van der Waals surface area contributed by atoms with Crippen LogP contribution in [-0.4, -0.2) is 0 Å². The van der Waals surface area contributed by atoms with Crippen molar-refractivity contribution < 1.29 is 0 Å². The summed E-state index contributed by atoms with van der Waals surface area (Å²) < 4.78 is 0. The van der Waals surface area contributed by atoms with E-state index in [1.165, 1.54) is 62.5 Å². The van der Waals surface area contributed by atoms with Gasteiger partial charge in [-0.15, -0.1) is 0 Å². The van der Waals surface area contributed by atoms with E-state index >= 15 is 0 Å². The Labute approximate surface area is 120 Å². The molecular formula is C19H32. The first-order valence-electron chi connectivity index (χ1n) is 8.12. The minimum Gasteiger partial charge on any atom is -0.0880 e. The molecule has 0 nitrogen and oxygen atoms in total. The van der Waals surface area contributed by atoms with Crippen LogP contribution in [0.5, 0.6) is 0 Å². The topological polar surface area (TPSA) is 0 Å². The normalized spacial score (nSPS) is 17.9. The summed E-state index contributed by atoms with van der Waals surface area (Å²) in [5.41, 5.74) is 2.96. The summed E-state index contributed by atoms with van der Waals surface area (Å²) in [6.45, 7) is 6.61. The Morgan fingerprint density at radius 1 is 0.947 bits per heavy atom. The lowest BCUT2D eigenvalue weighted by molar-refractivity contribution is 0.361. The van der Waals surface area contributed by atoms with Gasteiger partial charge < -0.3 is 0 Å². The zero-order valence-electron chi connectivity index (χ0n) is 13.3. The van der Waals surface area contributed by atoms with E-state index < -0.39 is 0 Å². The maximum Gasteiger partial charge on any atom is -0.0167 e. The molecule has 108 valence electrons. The average Bonchev–Trinajstić information content (AvgIpc) is 2.39. The summed E-state index contributed by atoms with van der Waals surface area (Å²) in [6.07, 6.45) is 21.6. The third kappa shape index (κ3) is 8.86. The predicted octanol–water partition coefficient (Wildman–Crippen LogP) is 6.60. The average molecular weight is 260 g/mol. The van der Waals surface area contributed by atoms with E-state index in [0.29, 0.717) is 0 Å². The van der Waals surface area contributed by atoms with Gasteiger partial charge >= 0.3 is 0 Å². The number of hydrogen-bond acceptors (Lipinski definition) is 0. The van der Waals surface area contributed by atoms with Crippen LogP contribution in [-0.2, 0) is 0 Å². The van der Waals surface area contributed by atoms with Crippen molar-refractivity contribution in [3.8, 4) is 0 Å². The number of allylic oxidation sites excluding steroid dienone is 6. The van der Waals surface area contributed by atoms with Gasteiger partial charge in [0.05, 0.1) is 0 Å². The van der Waals surface area contributed by atoms with Gasteiger partial charge in [-0.1, -0.05) is 67.6 Å². The van der Waals surface area contributed by atoms with Crippen LogP contribution in [0.15, 0.2) is 35.5 Å². The van der Waals surface area contributed by atoms with Crippen molar-refractivity contribution >= 4 is 0 Å². The zero-order valence-corrected chi connectivity index (χ0v) is 13.3. The van der Waals surface area contributed by atoms with Gasteiger partial charge in [-0.3, -0.25) is 0 Å². The molecule has 0 amide bonds. The van der Waals surface area contributed by atoms with E-state index in [2.05, 4.69) is 45.1 Å². The molecule has 0 saturated heterocycles. The van der Waals surface area contributed by atoms with Gasteiger partial charge in [0.1, 0.15) is 0 Å². The summed E-state index contributed by atoms with van der Waals surface area (Å²) in [6, 6.07) is 0. The fraction of sp³-hybridized carbons (Fsp3) is 0.684. The molecule has 1 rings (SSSR count). The van der Waals surface area contributed by atoms with E-state index in [1.54, 1.807) is 0 Å². The zero-order chi connectivity index (χ0) is 13.9. The Kier molecular flexibility index (Phi) is 8.62. The number of rotatable bonds is 7. The highest BCUT2D eigenvalue weighted by Gasteiger charge is 2.10. The van der Waals surface area contributed by atoms with Gasteiger partial charge in [-0.05, 0) is 52.4 Å². The van der Waals surface area contributed by atoms with Gasteiger partial charge in [-0.2, -0.15) is 0 Å². The second-order valence-corrected chi connectivity index (χ2v) is 6.32. The van der Waals surface area contributed by atoms with Crippen molar-refractivity contribution in [3.05, 3.63) is 35.5 Å². The first kappa shape index (κ1) is 16.3. The molecule has 0 radical (unpaired) electrons. The first-order chi connectivity index (χ1) is 9.18. The van der Waals surface area contributed by atoms with Crippen molar-refractivity contribution in [3.63, 3.8) is 0 Å². The molecule has 0 N–H and O–H groups in total. The van der Waals surface area contributed by atoms with Gasteiger partial charge in [0, 0.05) is 0 Å². The molecule has 1 saturated carbocycles. The minimum atomic E-state index is 0.979. The van der Waals surface area contributed by atoms with Gasteiger partial charge in [0.25, 0.3) is 0 Å². The molecule has 1 aliphatic carbocycles. The highest BCUT2D eigenvalue weighted by atomic mass is 14.2. The van der Waals surface area contributed by atoms with Crippen molar-refractivity contribution in [1.82, 2.24) is 0 Å². The standard InChI is InChI=1S/C19H32/c1-17(2)11-10-13-18(3)12-6-4-7-14-19-15-8-5-9-16-19/h4,7,11-12,19H,5-6,8-10,13-16H2,1-3H3/b7-4+,18-12+. The molecule has 0 aliphatic heterocycles. The lowest BCUT2D eigenvalue weighted by Crippen LogP contribution is -2.04. The van der Waals surface area contributed by atoms with Crippen LogP contribution < -0.4 is 0 Å². The Morgan fingerprint density at radius 2 is 1.68 bits per heavy atom.